The van der Waals surface area contributed by atoms with Crippen LogP contribution in [-0.4, -0.2) is 34.7 Å². The van der Waals surface area contributed by atoms with Gasteiger partial charge in [0.2, 0.25) is 0 Å². The Hall–Kier alpha value is -1.97. The Morgan fingerprint density at radius 2 is 1.69 bits per heavy atom. The predicted octanol–water partition coefficient (Wildman–Crippen LogP) is 7.17. The summed E-state index contributed by atoms with van der Waals surface area (Å²) in [7, 11) is 0. The molecule has 0 aromatic heterocycles. The minimum absolute atomic E-state index is 0. The summed E-state index contributed by atoms with van der Waals surface area (Å²) in [5.41, 5.74) is 4.07. The molecule has 176 valence electrons. The molecule has 2 aromatic carbocycles. The number of unbranched alkanes of at least 4 members (excludes halogenated alkanes) is 2. The van der Waals surface area contributed by atoms with E-state index in [2.05, 4.69) is 62.1 Å². The Labute approximate surface area is 200 Å². The van der Waals surface area contributed by atoms with Gasteiger partial charge in [-0.2, -0.15) is 0 Å². The number of aromatic hydroxyl groups is 2. The van der Waals surface area contributed by atoms with E-state index in [-0.39, 0.29) is 23.9 Å². The van der Waals surface area contributed by atoms with Gasteiger partial charge in [0.1, 0.15) is 11.5 Å². The lowest BCUT2D eigenvalue weighted by molar-refractivity contribution is 0.305. The van der Waals surface area contributed by atoms with Crippen molar-refractivity contribution < 1.29 is 10.2 Å². The first-order chi connectivity index (χ1) is 15.0. The van der Waals surface area contributed by atoms with Crippen LogP contribution in [0, 0.1) is 5.92 Å². The summed E-state index contributed by atoms with van der Waals surface area (Å²) in [6, 6.07) is 14.3. The maximum Gasteiger partial charge on any atom is 0.127 e. The highest BCUT2D eigenvalue weighted by Crippen LogP contribution is 2.40. The number of phenolic OH excluding ortho intramolecular Hbond substituents is 2. The number of hydrogen-bond acceptors (Lipinski definition) is 3. The van der Waals surface area contributed by atoms with Crippen molar-refractivity contribution in [2.45, 2.75) is 65.2 Å². The van der Waals surface area contributed by atoms with Gasteiger partial charge in [-0.3, -0.25) is 4.90 Å². The molecule has 0 aliphatic carbocycles. The van der Waals surface area contributed by atoms with E-state index in [0.717, 1.165) is 43.6 Å². The van der Waals surface area contributed by atoms with Gasteiger partial charge in [-0.05, 0) is 53.5 Å². The Bertz CT molecular complexity index is 842. The predicted molar refractivity (Wildman–Crippen MR) is 138 cm³/mol. The molecule has 0 saturated carbocycles. The van der Waals surface area contributed by atoms with Gasteiger partial charge in [-0.1, -0.05) is 82.9 Å². The minimum Gasteiger partial charge on any atom is -0.507 e. The molecule has 3 rings (SSSR count). The van der Waals surface area contributed by atoms with Crippen LogP contribution in [0.1, 0.15) is 75.5 Å². The highest BCUT2D eigenvalue weighted by molar-refractivity contribution is 5.85. The average molecular weight is 458 g/mol. The average Bonchev–Trinajstić information content (AvgIpc) is 2.78. The fourth-order valence-electron chi connectivity index (χ4n) is 4.59. The van der Waals surface area contributed by atoms with E-state index >= 15 is 0 Å². The van der Waals surface area contributed by atoms with Gasteiger partial charge < -0.3 is 10.2 Å². The minimum atomic E-state index is 0. The molecule has 2 unspecified atom stereocenters. The zero-order chi connectivity index (χ0) is 22.2. The van der Waals surface area contributed by atoms with Crippen molar-refractivity contribution in [3.05, 3.63) is 65.2 Å². The smallest absolute Gasteiger partial charge is 0.127 e. The molecule has 0 radical (unpaired) electrons. The van der Waals surface area contributed by atoms with Crippen LogP contribution in [0.25, 0.3) is 5.57 Å². The molecular formula is C28H40ClNO2. The van der Waals surface area contributed by atoms with Crippen molar-refractivity contribution in [3.8, 4) is 11.5 Å². The zero-order valence-corrected chi connectivity index (χ0v) is 20.7. The SMILES string of the molecule is CCCCCC(C)C(C)c1cc(O)c(C2=CCN(CCc3ccccc3)CC2)c(O)c1.Cl. The normalized spacial score (nSPS) is 16.2. The van der Waals surface area contributed by atoms with Crippen LogP contribution in [0.3, 0.4) is 0 Å². The molecule has 3 nitrogen and oxygen atoms in total. The second kappa shape index (κ2) is 12.9. The second-order valence-electron chi connectivity index (χ2n) is 9.21. The lowest BCUT2D eigenvalue weighted by atomic mass is 9.84. The number of benzene rings is 2. The third kappa shape index (κ3) is 7.02. The fraction of sp³-hybridized carbons (Fsp3) is 0.500. The quantitative estimate of drug-likeness (QED) is 0.371. The third-order valence-electron chi connectivity index (χ3n) is 6.94. The molecule has 0 fully saturated rings. The van der Waals surface area contributed by atoms with Gasteiger partial charge in [-0.15, -0.1) is 12.4 Å². The first-order valence-electron chi connectivity index (χ1n) is 12.0. The largest absolute Gasteiger partial charge is 0.507 e. The Kier molecular flexibility index (Phi) is 10.6. The van der Waals surface area contributed by atoms with Gasteiger partial charge in [0.15, 0.2) is 0 Å². The van der Waals surface area contributed by atoms with E-state index in [0.29, 0.717) is 17.4 Å². The van der Waals surface area contributed by atoms with E-state index in [1.807, 2.05) is 12.1 Å². The standard InChI is InChI=1S/C28H39NO2.ClH/c1-4-5-7-10-21(2)22(3)25-19-26(30)28(27(31)20-25)24-14-17-29(18-15-24)16-13-23-11-8-6-9-12-23;/h6,8-9,11-12,14,19-22,30-31H,4-5,7,10,13,15-18H2,1-3H3;1H. The molecular weight excluding hydrogens is 418 g/mol. The summed E-state index contributed by atoms with van der Waals surface area (Å²) in [5, 5.41) is 21.5. The van der Waals surface area contributed by atoms with E-state index in [1.165, 1.54) is 31.2 Å². The van der Waals surface area contributed by atoms with Crippen molar-refractivity contribution >= 4 is 18.0 Å². The number of nitrogens with zero attached hydrogens (tertiary/aromatic N) is 1. The first kappa shape index (κ1) is 26.3. The molecule has 0 spiro atoms. The third-order valence-corrected chi connectivity index (χ3v) is 6.94. The van der Waals surface area contributed by atoms with Crippen LogP contribution in [0.4, 0.5) is 0 Å². The topological polar surface area (TPSA) is 43.7 Å². The van der Waals surface area contributed by atoms with Crippen LogP contribution >= 0.6 is 12.4 Å². The first-order valence-corrected chi connectivity index (χ1v) is 12.0. The van der Waals surface area contributed by atoms with Crippen molar-refractivity contribution in [3.63, 3.8) is 0 Å². The molecule has 1 heterocycles. The molecule has 0 amide bonds. The van der Waals surface area contributed by atoms with Gasteiger partial charge in [-0.25, -0.2) is 0 Å². The van der Waals surface area contributed by atoms with Crippen LogP contribution in [0.15, 0.2) is 48.5 Å². The molecule has 32 heavy (non-hydrogen) atoms. The zero-order valence-electron chi connectivity index (χ0n) is 19.9. The number of rotatable bonds is 10. The summed E-state index contributed by atoms with van der Waals surface area (Å²) in [4.78, 5) is 2.43. The lowest BCUT2D eigenvalue weighted by Gasteiger charge is -2.27. The van der Waals surface area contributed by atoms with Crippen molar-refractivity contribution in [1.82, 2.24) is 4.90 Å². The van der Waals surface area contributed by atoms with E-state index in [1.54, 1.807) is 0 Å². The van der Waals surface area contributed by atoms with Crippen molar-refractivity contribution in [2.75, 3.05) is 19.6 Å². The van der Waals surface area contributed by atoms with Crippen LogP contribution in [-0.2, 0) is 6.42 Å². The Morgan fingerprint density at radius 1 is 1.00 bits per heavy atom. The van der Waals surface area contributed by atoms with Gasteiger partial charge in [0.25, 0.3) is 0 Å². The van der Waals surface area contributed by atoms with Crippen molar-refractivity contribution in [1.29, 1.82) is 0 Å². The van der Waals surface area contributed by atoms with Crippen molar-refractivity contribution in [2.24, 2.45) is 5.92 Å². The van der Waals surface area contributed by atoms with E-state index in [9.17, 15) is 10.2 Å². The van der Waals surface area contributed by atoms with Crippen LogP contribution in [0.2, 0.25) is 0 Å². The summed E-state index contributed by atoms with van der Waals surface area (Å²) >= 11 is 0. The highest BCUT2D eigenvalue weighted by atomic mass is 35.5. The molecule has 4 heteroatoms. The number of phenols is 2. The Balaban J connectivity index is 0.00000363. The molecule has 2 aromatic rings. The summed E-state index contributed by atoms with van der Waals surface area (Å²) in [5.74, 6) is 1.28. The van der Waals surface area contributed by atoms with Crippen LogP contribution in [0.5, 0.6) is 11.5 Å². The maximum absolute atomic E-state index is 10.8. The maximum atomic E-state index is 10.8. The molecule has 1 aliphatic rings. The molecule has 0 bridgehead atoms. The van der Waals surface area contributed by atoms with E-state index < -0.39 is 0 Å². The van der Waals surface area contributed by atoms with Gasteiger partial charge in [0, 0.05) is 19.6 Å². The van der Waals surface area contributed by atoms with Crippen LogP contribution < -0.4 is 0 Å². The van der Waals surface area contributed by atoms with Gasteiger partial charge >= 0.3 is 0 Å². The second-order valence-corrected chi connectivity index (χ2v) is 9.21. The summed E-state index contributed by atoms with van der Waals surface area (Å²) in [6.07, 6.45) is 8.98. The fourth-order valence-corrected chi connectivity index (χ4v) is 4.59. The number of hydrogen-bond donors (Lipinski definition) is 2. The summed E-state index contributed by atoms with van der Waals surface area (Å²) in [6.45, 7) is 9.53. The highest BCUT2D eigenvalue weighted by Gasteiger charge is 2.22. The monoisotopic (exact) mass is 457 g/mol. The number of halogens is 1. The molecule has 2 N–H and O–H groups in total. The lowest BCUT2D eigenvalue weighted by Crippen LogP contribution is -2.30. The molecule has 2 atom stereocenters. The summed E-state index contributed by atoms with van der Waals surface area (Å²) < 4.78 is 0. The van der Waals surface area contributed by atoms with E-state index in [4.69, 9.17) is 0 Å². The molecule has 1 aliphatic heterocycles. The van der Waals surface area contributed by atoms with Gasteiger partial charge in [0.05, 0.1) is 5.56 Å². The molecule has 0 saturated heterocycles. The Morgan fingerprint density at radius 3 is 2.28 bits per heavy atom.